The van der Waals surface area contributed by atoms with Crippen LogP contribution < -0.4 is 4.90 Å². The van der Waals surface area contributed by atoms with Gasteiger partial charge in [0, 0.05) is 31.1 Å². The third-order valence-corrected chi connectivity index (χ3v) is 5.89. The van der Waals surface area contributed by atoms with Gasteiger partial charge in [0.1, 0.15) is 11.1 Å². The number of hydrogen-bond acceptors (Lipinski definition) is 5. The molecule has 0 spiro atoms. The molecule has 1 aliphatic heterocycles. The molecule has 0 N–H and O–H groups in total. The molecule has 0 bridgehead atoms. The molecule has 3 aromatic rings. The molecule has 1 aliphatic carbocycles. The van der Waals surface area contributed by atoms with Crippen molar-refractivity contribution in [3.8, 4) is 11.8 Å². The predicted molar refractivity (Wildman–Crippen MR) is 97.9 cm³/mol. The molecule has 2 fully saturated rings. The van der Waals surface area contributed by atoms with Crippen LogP contribution >= 0.6 is 0 Å². The van der Waals surface area contributed by atoms with Gasteiger partial charge in [0.15, 0.2) is 5.82 Å². The third kappa shape index (κ3) is 2.08. The van der Waals surface area contributed by atoms with Gasteiger partial charge in [-0.2, -0.15) is 10.4 Å². The van der Waals surface area contributed by atoms with Gasteiger partial charge < -0.3 is 0 Å². The Bertz CT molecular complexity index is 1100. The van der Waals surface area contributed by atoms with Crippen LogP contribution in [0.1, 0.15) is 19.8 Å². The summed E-state index contributed by atoms with van der Waals surface area (Å²) in [5.74, 6) is 0.617. The number of fused-ring (bicyclic) bond motifs is 1. The third-order valence-electron chi connectivity index (χ3n) is 5.89. The van der Waals surface area contributed by atoms with E-state index >= 15 is 0 Å². The van der Waals surface area contributed by atoms with Crippen LogP contribution in [0.15, 0.2) is 30.9 Å². The second-order valence-corrected chi connectivity index (χ2v) is 7.57. The zero-order valence-corrected chi connectivity index (χ0v) is 15.2. The van der Waals surface area contributed by atoms with Crippen molar-refractivity contribution in [2.75, 3.05) is 11.4 Å². The lowest BCUT2D eigenvalue weighted by atomic mass is 9.75. The monoisotopic (exact) mass is 361 g/mol. The highest BCUT2D eigenvalue weighted by Crippen LogP contribution is 2.54. The number of hydrogen-bond donors (Lipinski definition) is 0. The van der Waals surface area contributed by atoms with Gasteiger partial charge in [0.05, 0.1) is 30.2 Å². The predicted octanol–water partition coefficient (Wildman–Crippen LogP) is 2.06. The van der Waals surface area contributed by atoms with Gasteiger partial charge in [-0.1, -0.05) is 6.92 Å². The van der Waals surface area contributed by atoms with E-state index in [9.17, 15) is 10.1 Å². The Labute approximate surface area is 156 Å². The Morgan fingerprint density at radius 3 is 2.81 bits per heavy atom. The standard InChI is InChI=1S/C19H19N7O/c1-12-9-25(18(27)19(12,11-20)13-3-4-13)17-15-5-6-21-8-16(15)26(23-17)14-7-22-24(2)10-14/h5-8,10,12-13H,3-4,9H2,1-2H3/t12-,19+/m1/s1. The molecule has 8 heteroatoms. The quantitative estimate of drug-likeness (QED) is 0.712. The lowest BCUT2D eigenvalue weighted by Crippen LogP contribution is -2.37. The van der Waals surface area contributed by atoms with Gasteiger partial charge in [-0.25, -0.2) is 4.68 Å². The highest BCUT2D eigenvalue weighted by atomic mass is 16.2. The molecule has 1 saturated heterocycles. The van der Waals surface area contributed by atoms with Crippen molar-refractivity contribution in [3.05, 3.63) is 30.9 Å². The van der Waals surface area contributed by atoms with E-state index < -0.39 is 5.41 Å². The number of aromatic nitrogens is 5. The van der Waals surface area contributed by atoms with E-state index in [0.29, 0.717) is 12.4 Å². The second kappa shape index (κ2) is 5.39. The van der Waals surface area contributed by atoms with E-state index in [4.69, 9.17) is 5.10 Å². The van der Waals surface area contributed by atoms with Crippen LogP contribution in [0.4, 0.5) is 5.82 Å². The number of pyridine rings is 1. The molecule has 8 nitrogen and oxygen atoms in total. The van der Waals surface area contributed by atoms with Gasteiger partial charge in [-0.05, 0) is 24.8 Å². The van der Waals surface area contributed by atoms with Crippen molar-refractivity contribution in [2.24, 2.45) is 24.3 Å². The van der Waals surface area contributed by atoms with Gasteiger partial charge in [-0.3, -0.25) is 19.4 Å². The normalized spacial score (nSPS) is 25.3. The van der Waals surface area contributed by atoms with E-state index in [1.165, 1.54) is 0 Å². The molecule has 0 radical (unpaired) electrons. The summed E-state index contributed by atoms with van der Waals surface area (Å²) < 4.78 is 3.46. The maximum Gasteiger partial charge on any atom is 0.249 e. The van der Waals surface area contributed by atoms with E-state index in [1.807, 2.05) is 26.2 Å². The van der Waals surface area contributed by atoms with Gasteiger partial charge in [-0.15, -0.1) is 5.10 Å². The van der Waals surface area contributed by atoms with Crippen LogP contribution in [0.2, 0.25) is 0 Å². The van der Waals surface area contributed by atoms with Crippen molar-refractivity contribution in [1.29, 1.82) is 5.26 Å². The van der Waals surface area contributed by atoms with E-state index in [2.05, 4.69) is 16.2 Å². The summed E-state index contributed by atoms with van der Waals surface area (Å²) in [7, 11) is 1.84. The summed E-state index contributed by atoms with van der Waals surface area (Å²) in [4.78, 5) is 19.3. The molecule has 0 unspecified atom stereocenters. The number of aryl methyl sites for hydroxylation is 1. The van der Waals surface area contributed by atoms with Crippen LogP contribution in [0.5, 0.6) is 0 Å². The number of rotatable bonds is 3. The van der Waals surface area contributed by atoms with Crippen molar-refractivity contribution in [1.82, 2.24) is 24.5 Å². The van der Waals surface area contributed by atoms with Gasteiger partial charge in [0.25, 0.3) is 0 Å². The molecular weight excluding hydrogens is 342 g/mol. The molecule has 2 atom stereocenters. The molecule has 1 saturated carbocycles. The Kier molecular flexibility index (Phi) is 3.20. The zero-order valence-electron chi connectivity index (χ0n) is 15.2. The first-order valence-electron chi connectivity index (χ1n) is 9.11. The average molecular weight is 361 g/mol. The van der Waals surface area contributed by atoms with Crippen molar-refractivity contribution in [2.45, 2.75) is 19.8 Å². The van der Waals surface area contributed by atoms with Crippen molar-refractivity contribution >= 4 is 22.6 Å². The lowest BCUT2D eigenvalue weighted by molar-refractivity contribution is -0.124. The molecule has 4 heterocycles. The molecular formula is C19H19N7O. The Morgan fingerprint density at radius 1 is 1.33 bits per heavy atom. The fraction of sp³-hybridized carbons (Fsp3) is 0.421. The molecule has 5 rings (SSSR count). The minimum atomic E-state index is -0.919. The Balaban J connectivity index is 1.66. The molecule has 1 amide bonds. The highest BCUT2D eigenvalue weighted by molar-refractivity contribution is 6.07. The second-order valence-electron chi connectivity index (χ2n) is 7.57. The lowest BCUT2D eigenvalue weighted by Gasteiger charge is -2.22. The summed E-state index contributed by atoms with van der Waals surface area (Å²) in [5.41, 5.74) is 0.689. The first-order valence-corrected chi connectivity index (χ1v) is 9.11. The fourth-order valence-corrected chi connectivity index (χ4v) is 4.34. The molecule has 0 aromatic carbocycles. The number of nitrogens with zero attached hydrogens (tertiary/aromatic N) is 7. The number of anilines is 1. The van der Waals surface area contributed by atoms with Crippen LogP contribution in [0, 0.1) is 28.6 Å². The molecule has 136 valence electrons. The van der Waals surface area contributed by atoms with E-state index in [1.54, 1.807) is 32.9 Å². The van der Waals surface area contributed by atoms with E-state index in [0.717, 1.165) is 29.4 Å². The molecule has 3 aromatic heterocycles. The maximum absolute atomic E-state index is 13.4. The first-order chi connectivity index (χ1) is 13.1. The smallest absolute Gasteiger partial charge is 0.249 e. The summed E-state index contributed by atoms with van der Waals surface area (Å²) in [6.07, 6.45) is 8.92. The fourth-order valence-electron chi connectivity index (χ4n) is 4.34. The molecule has 2 aliphatic rings. The topological polar surface area (TPSA) is 92.6 Å². The zero-order chi connectivity index (χ0) is 18.8. The van der Waals surface area contributed by atoms with Gasteiger partial charge in [0.2, 0.25) is 5.91 Å². The number of nitriles is 1. The van der Waals surface area contributed by atoms with Crippen LogP contribution in [-0.4, -0.2) is 37.0 Å². The SMILES string of the molecule is C[C@@H]1CN(c2nn(-c3cnn(C)c3)c3cnccc23)C(=O)[C@]1(C#N)C1CC1. The summed E-state index contributed by atoms with van der Waals surface area (Å²) >= 11 is 0. The maximum atomic E-state index is 13.4. The van der Waals surface area contributed by atoms with Crippen LogP contribution in [0.3, 0.4) is 0 Å². The first kappa shape index (κ1) is 16.0. The minimum Gasteiger partial charge on any atom is -0.293 e. The van der Waals surface area contributed by atoms with Crippen LogP contribution in [-0.2, 0) is 11.8 Å². The Hall–Kier alpha value is -3.21. The highest BCUT2D eigenvalue weighted by Gasteiger charge is 2.61. The summed E-state index contributed by atoms with van der Waals surface area (Å²) in [6.45, 7) is 2.51. The summed E-state index contributed by atoms with van der Waals surface area (Å²) in [5, 5.41) is 19.7. The van der Waals surface area contributed by atoms with Crippen LogP contribution in [0.25, 0.3) is 16.6 Å². The largest absolute Gasteiger partial charge is 0.293 e. The Morgan fingerprint density at radius 2 is 2.15 bits per heavy atom. The van der Waals surface area contributed by atoms with Gasteiger partial charge >= 0.3 is 0 Å². The average Bonchev–Trinajstić information content (AvgIpc) is 3.23. The molecule has 27 heavy (non-hydrogen) atoms. The summed E-state index contributed by atoms with van der Waals surface area (Å²) in [6, 6.07) is 4.24. The van der Waals surface area contributed by atoms with Crippen molar-refractivity contribution in [3.63, 3.8) is 0 Å². The number of amides is 1. The number of carbonyl (C=O) groups excluding carboxylic acids is 1. The van der Waals surface area contributed by atoms with E-state index in [-0.39, 0.29) is 17.7 Å². The van der Waals surface area contributed by atoms with Crippen molar-refractivity contribution < 1.29 is 4.79 Å². The number of carbonyl (C=O) groups is 1. The minimum absolute atomic E-state index is 0.0251.